The summed E-state index contributed by atoms with van der Waals surface area (Å²) in [4.78, 5) is 12.8. The average Bonchev–Trinajstić information content (AvgIpc) is 3.39. The molecule has 0 fully saturated rings. The summed E-state index contributed by atoms with van der Waals surface area (Å²) in [5.74, 6) is 1.38. The Hall–Kier alpha value is -4.62. The number of hydrogen-bond acceptors (Lipinski definition) is 10. The van der Waals surface area contributed by atoms with Crippen molar-refractivity contribution < 1.29 is 22.6 Å². The minimum Gasteiger partial charge on any atom is -0.494 e. The summed E-state index contributed by atoms with van der Waals surface area (Å²) in [5.41, 5.74) is 1.96. The zero-order valence-corrected chi connectivity index (χ0v) is 24.0. The van der Waals surface area contributed by atoms with E-state index in [1.165, 1.54) is 28.3 Å². The Morgan fingerprint density at radius 1 is 0.902 bits per heavy atom. The molecule has 0 aliphatic heterocycles. The van der Waals surface area contributed by atoms with Crippen LogP contribution in [-0.2, 0) is 14.8 Å². The molecule has 0 radical (unpaired) electrons. The smallest absolute Gasteiger partial charge is 0.243 e. The second kappa shape index (κ2) is 11.5. The van der Waals surface area contributed by atoms with Crippen LogP contribution in [0.5, 0.6) is 11.5 Å². The molecule has 0 spiro atoms. The van der Waals surface area contributed by atoms with E-state index in [9.17, 15) is 8.42 Å². The number of benzene rings is 2. The fourth-order valence-electron chi connectivity index (χ4n) is 4.55. The van der Waals surface area contributed by atoms with Gasteiger partial charge in [0.1, 0.15) is 28.5 Å². The Bertz CT molecular complexity index is 1760. The first kappa shape index (κ1) is 27.9. The van der Waals surface area contributed by atoms with Crippen LogP contribution in [-0.4, -0.2) is 64.7 Å². The highest BCUT2D eigenvalue weighted by Crippen LogP contribution is 2.39. The summed E-state index contributed by atoms with van der Waals surface area (Å²) >= 11 is 0. The number of para-hydroxylation sites is 1. The van der Waals surface area contributed by atoms with Crippen molar-refractivity contribution in [1.82, 2.24) is 29.7 Å². The normalized spacial score (nSPS) is 13.1. The zero-order chi connectivity index (χ0) is 29.1. The van der Waals surface area contributed by atoms with Gasteiger partial charge in [-0.05, 0) is 43.0 Å². The Kier molecular flexibility index (Phi) is 7.81. The number of nitrogens with one attached hydrogen (secondary N) is 1. The molecule has 12 nitrogen and oxygen atoms in total. The van der Waals surface area contributed by atoms with Crippen LogP contribution in [0.25, 0.3) is 27.8 Å². The highest BCUT2D eigenvalue weighted by molar-refractivity contribution is 7.93. The van der Waals surface area contributed by atoms with Crippen molar-refractivity contribution in [3.63, 3.8) is 0 Å². The lowest BCUT2D eigenvalue weighted by molar-refractivity contribution is 0.0949. The summed E-state index contributed by atoms with van der Waals surface area (Å²) in [6, 6.07) is 12.8. The molecule has 3 heterocycles. The van der Waals surface area contributed by atoms with Gasteiger partial charge in [-0.25, -0.2) is 18.4 Å². The van der Waals surface area contributed by atoms with Gasteiger partial charge >= 0.3 is 0 Å². The third-order valence-electron chi connectivity index (χ3n) is 6.67. The number of anilines is 1. The Morgan fingerprint density at radius 3 is 2.24 bits per heavy atom. The predicted octanol–water partition coefficient (Wildman–Crippen LogP) is 4.12. The van der Waals surface area contributed by atoms with Crippen molar-refractivity contribution in [3.05, 3.63) is 78.6 Å². The summed E-state index contributed by atoms with van der Waals surface area (Å²) < 4.78 is 48.7. The van der Waals surface area contributed by atoms with Gasteiger partial charge in [-0.1, -0.05) is 24.3 Å². The maximum absolute atomic E-state index is 13.8. The molecular weight excluding hydrogens is 546 g/mol. The van der Waals surface area contributed by atoms with Crippen LogP contribution >= 0.6 is 0 Å². The van der Waals surface area contributed by atoms with Gasteiger partial charge < -0.3 is 14.2 Å². The SMILES string of the molecule is COc1cccc(OC)c1-n1c(NS(=O)(=O)[C@@H](C)[C@H](OC)c2ncc(C)cn2)nnc1-c1cccc2cnccc12. The summed E-state index contributed by atoms with van der Waals surface area (Å²) in [6.45, 7) is 3.36. The minimum atomic E-state index is -4.13. The molecular formula is C28H29N7O5S. The fraction of sp³-hybridized carbons (Fsp3) is 0.250. The molecule has 5 aromatic rings. The molecule has 5 rings (SSSR count). The number of hydrogen-bond donors (Lipinski definition) is 1. The Morgan fingerprint density at radius 2 is 1.59 bits per heavy atom. The second-order valence-electron chi connectivity index (χ2n) is 9.22. The molecule has 2 aromatic carbocycles. The van der Waals surface area contributed by atoms with Gasteiger partial charge in [-0.2, -0.15) is 0 Å². The van der Waals surface area contributed by atoms with Crippen LogP contribution in [0.2, 0.25) is 0 Å². The number of rotatable bonds is 10. The van der Waals surface area contributed by atoms with E-state index in [2.05, 4.69) is 29.9 Å². The lowest BCUT2D eigenvalue weighted by atomic mass is 10.1. The van der Waals surface area contributed by atoms with Crippen LogP contribution in [0.3, 0.4) is 0 Å². The number of ether oxygens (including phenoxy) is 3. The van der Waals surface area contributed by atoms with Crippen LogP contribution in [0.15, 0.2) is 67.3 Å². The van der Waals surface area contributed by atoms with Crippen molar-refractivity contribution >= 4 is 26.7 Å². The maximum atomic E-state index is 13.8. The molecule has 2 atom stereocenters. The summed E-state index contributed by atoms with van der Waals surface area (Å²) in [6.07, 6.45) is 5.69. The van der Waals surface area contributed by atoms with Crippen molar-refractivity contribution in [1.29, 1.82) is 0 Å². The number of nitrogens with zero attached hydrogens (tertiary/aromatic N) is 6. The first-order valence-corrected chi connectivity index (χ1v) is 14.2. The lowest BCUT2D eigenvalue weighted by Crippen LogP contribution is -2.33. The van der Waals surface area contributed by atoms with Crippen molar-refractivity contribution in [2.45, 2.75) is 25.2 Å². The van der Waals surface area contributed by atoms with Crippen molar-refractivity contribution in [2.75, 3.05) is 26.1 Å². The van der Waals surface area contributed by atoms with Crippen molar-refractivity contribution in [3.8, 4) is 28.6 Å². The highest BCUT2D eigenvalue weighted by atomic mass is 32.2. The van der Waals surface area contributed by atoms with E-state index >= 15 is 0 Å². The number of pyridine rings is 1. The Balaban J connectivity index is 1.68. The average molecular weight is 576 g/mol. The number of methoxy groups -OCH3 is 3. The highest BCUT2D eigenvalue weighted by Gasteiger charge is 2.35. The van der Waals surface area contributed by atoms with E-state index < -0.39 is 21.4 Å². The fourth-order valence-corrected chi connectivity index (χ4v) is 5.68. The molecule has 0 saturated carbocycles. The standard InChI is InChI=1S/C28H29N7O5S/c1-17-14-30-26(31-15-17)25(40-5)18(2)41(36,37)34-28-33-32-27(21-9-6-8-19-16-29-13-12-20(19)21)35(28)24-22(38-3)10-7-11-23(24)39-4/h6-16,18,25H,1-5H3,(H,33,34)/t18-,25-/m0/s1. The Labute approximate surface area is 237 Å². The van der Waals surface area contributed by atoms with E-state index in [0.29, 0.717) is 28.6 Å². The van der Waals surface area contributed by atoms with Gasteiger partial charge in [0, 0.05) is 42.8 Å². The molecule has 0 amide bonds. The molecule has 0 aliphatic rings. The first-order valence-electron chi connectivity index (χ1n) is 12.6. The van der Waals surface area contributed by atoms with Gasteiger partial charge in [0.15, 0.2) is 11.6 Å². The van der Waals surface area contributed by atoms with Gasteiger partial charge in [-0.3, -0.25) is 14.3 Å². The second-order valence-corrected chi connectivity index (χ2v) is 11.3. The van der Waals surface area contributed by atoms with E-state index in [-0.39, 0.29) is 11.8 Å². The third-order valence-corrected chi connectivity index (χ3v) is 8.36. The number of aryl methyl sites for hydroxylation is 1. The van der Waals surface area contributed by atoms with E-state index in [1.54, 1.807) is 47.6 Å². The zero-order valence-electron chi connectivity index (χ0n) is 23.1. The number of fused-ring (bicyclic) bond motifs is 1. The van der Waals surface area contributed by atoms with Crippen LogP contribution in [0.4, 0.5) is 5.95 Å². The van der Waals surface area contributed by atoms with E-state index in [4.69, 9.17) is 14.2 Å². The largest absolute Gasteiger partial charge is 0.494 e. The molecule has 0 unspecified atom stereocenters. The first-order chi connectivity index (χ1) is 19.8. The quantitative estimate of drug-likeness (QED) is 0.258. The van der Waals surface area contributed by atoms with Gasteiger partial charge in [-0.15, -0.1) is 10.2 Å². The topological polar surface area (TPSA) is 143 Å². The summed E-state index contributed by atoms with van der Waals surface area (Å²) in [7, 11) is 0.311. The molecule has 0 saturated heterocycles. The molecule has 1 N–H and O–H groups in total. The molecule has 0 bridgehead atoms. The minimum absolute atomic E-state index is 0.0691. The van der Waals surface area contributed by atoms with Crippen LogP contribution in [0.1, 0.15) is 24.4 Å². The van der Waals surface area contributed by atoms with Gasteiger partial charge in [0.25, 0.3) is 0 Å². The van der Waals surface area contributed by atoms with Gasteiger partial charge in [0.2, 0.25) is 16.0 Å². The van der Waals surface area contributed by atoms with Gasteiger partial charge in [0.05, 0.1) is 14.2 Å². The monoisotopic (exact) mass is 575 g/mol. The maximum Gasteiger partial charge on any atom is 0.243 e. The molecule has 0 aliphatic carbocycles. The molecule has 212 valence electrons. The number of aromatic nitrogens is 6. The molecule has 3 aromatic heterocycles. The lowest BCUT2D eigenvalue weighted by Gasteiger charge is -2.23. The molecule has 13 heteroatoms. The van der Waals surface area contributed by atoms with Crippen molar-refractivity contribution in [2.24, 2.45) is 0 Å². The predicted molar refractivity (Wildman–Crippen MR) is 154 cm³/mol. The molecule has 41 heavy (non-hydrogen) atoms. The van der Waals surface area contributed by atoms with E-state index in [1.807, 2.05) is 31.2 Å². The third kappa shape index (κ3) is 5.28. The number of sulfonamides is 1. The van der Waals surface area contributed by atoms with Crippen LogP contribution in [0, 0.1) is 6.92 Å². The summed E-state index contributed by atoms with van der Waals surface area (Å²) in [5, 5.41) is 9.35. The van der Waals surface area contributed by atoms with E-state index in [0.717, 1.165) is 16.3 Å². The van der Waals surface area contributed by atoms with Crippen LogP contribution < -0.4 is 14.2 Å².